The zero-order valence-corrected chi connectivity index (χ0v) is 68.9. The number of rotatable bonds is 14. The van der Waals surface area contributed by atoms with Gasteiger partial charge in [0.1, 0.15) is 0 Å². The van der Waals surface area contributed by atoms with E-state index in [-0.39, 0.29) is 13.4 Å². The van der Waals surface area contributed by atoms with Crippen LogP contribution in [0.1, 0.15) is 0 Å². The van der Waals surface area contributed by atoms with Gasteiger partial charge in [-0.05, 0) is 260 Å². The molecule has 0 spiro atoms. The van der Waals surface area contributed by atoms with Gasteiger partial charge in [0.15, 0.2) is 0 Å². The molecule has 586 valence electrons. The zero-order valence-electron chi connectivity index (χ0n) is 68.9. The molecule has 6 nitrogen and oxygen atoms in total. The van der Waals surface area contributed by atoms with Crippen LogP contribution in [0, 0.1) is 0 Å². The van der Waals surface area contributed by atoms with E-state index in [1.165, 1.54) is 109 Å². The SMILES string of the molecule is c1ccc(-c2c3ccccc3c(-c3ccc(N4c5cc6c(cc5B5c7ccccc7N(c7ccccc7)c7cc(N(c8ccccc8)c8ccccc8)cc4c75)B4c5ccccc5N(c5ccccc5)c5cc(N(c7ccccc7)c7ccccc7)cc(c54)N6c4ccc(-c5c6ccccc6c(-c6ccccc6)c6ccccc56)cc4)cc3)c3ccccc23)cc1. The number of fused-ring (bicyclic) bond motifs is 12. The summed E-state index contributed by atoms with van der Waals surface area (Å²) in [4.78, 5) is 15.3. The molecule has 0 aliphatic carbocycles. The van der Waals surface area contributed by atoms with E-state index in [4.69, 9.17) is 0 Å². The van der Waals surface area contributed by atoms with Crippen LogP contribution in [0.3, 0.4) is 0 Å². The summed E-state index contributed by atoms with van der Waals surface area (Å²) in [6.07, 6.45) is 0. The van der Waals surface area contributed by atoms with Gasteiger partial charge >= 0.3 is 0 Å². The highest BCUT2D eigenvalue weighted by Gasteiger charge is 2.49. The number of hydrogen-bond acceptors (Lipinski definition) is 6. The van der Waals surface area contributed by atoms with Crippen molar-refractivity contribution in [1.29, 1.82) is 0 Å². The van der Waals surface area contributed by atoms with Crippen molar-refractivity contribution in [3.8, 4) is 44.5 Å². The second-order valence-electron chi connectivity index (χ2n) is 33.3. The first kappa shape index (κ1) is 72.4. The molecule has 0 fully saturated rings. The second-order valence-corrected chi connectivity index (χ2v) is 33.3. The van der Waals surface area contributed by atoms with Gasteiger partial charge in [-0.2, -0.15) is 0 Å². The average Bonchev–Trinajstić information content (AvgIpc) is 0.678. The Labute approximate surface area is 733 Å². The van der Waals surface area contributed by atoms with Crippen LogP contribution in [-0.2, 0) is 0 Å². The van der Waals surface area contributed by atoms with E-state index in [1.807, 2.05) is 0 Å². The molecule has 4 aliphatic rings. The molecule has 0 saturated carbocycles. The monoisotopic (exact) mass is 1600 g/mol. The van der Waals surface area contributed by atoms with Gasteiger partial charge in [-0.25, -0.2) is 0 Å². The summed E-state index contributed by atoms with van der Waals surface area (Å²) < 4.78 is 0. The Hall–Kier alpha value is -16.4. The predicted octanol–water partition coefficient (Wildman–Crippen LogP) is 28.1. The fraction of sp³-hybridized carbons (Fsp3) is 0. The Morgan fingerprint density at radius 1 is 0.151 bits per heavy atom. The standard InChI is InChI=1S/C118H78B2N6/c1-9-37-79(38-10-1)113-93-53-25-29-57-97(93)115(98-58-30-26-54-94(98)113)81-65-69-89(70-66-81)125-107-78-108-104(77-103(107)119-101-61-33-35-63-105(101)123(87-49-21-7-22-50-87)109-73-91(75-111(125)117(109)119)121(83-41-13-3-14-42-83)84-43-15-4-16-44-84)120-102-62-34-36-64-106(102)124(88-51-23-8-24-52-88)110-74-92(122(85-45-17-5-18-46-85)86-47-19-6-20-48-86)76-112(118(110)120)126(108)90-71-67-82(68-72-90)116-99-59-31-27-55-95(99)114(80-39-11-2-12-40-80)96-56-28-32-60-100(96)116/h1-78H. The third kappa shape index (κ3) is 11.5. The molecule has 4 aliphatic heterocycles. The van der Waals surface area contributed by atoms with Gasteiger partial charge in [-0.15, -0.1) is 0 Å². The predicted molar refractivity (Wildman–Crippen MR) is 536 cm³/mol. The van der Waals surface area contributed by atoms with Gasteiger partial charge in [-0.3, -0.25) is 0 Å². The van der Waals surface area contributed by atoms with Gasteiger partial charge in [0.05, 0.1) is 11.4 Å². The Bertz CT molecular complexity index is 7190. The van der Waals surface area contributed by atoms with Gasteiger partial charge in [0.2, 0.25) is 0 Å². The number of para-hydroxylation sites is 8. The summed E-state index contributed by atoms with van der Waals surface area (Å²) in [5.41, 5.74) is 36.2. The third-order valence-electron chi connectivity index (χ3n) is 26.5. The van der Waals surface area contributed by atoms with Crippen molar-refractivity contribution in [3.63, 3.8) is 0 Å². The van der Waals surface area contributed by atoms with Crippen molar-refractivity contribution in [1.82, 2.24) is 0 Å². The van der Waals surface area contributed by atoms with E-state index in [2.05, 4.69) is 503 Å². The Kier molecular flexibility index (Phi) is 17.1. The van der Waals surface area contributed by atoms with Crippen LogP contribution in [0.15, 0.2) is 473 Å². The average molecular weight is 1600 g/mol. The molecule has 0 unspecified atom stereocenters. The third-order valence-corrected chi connectivity index (χ3v) is 26.5. The molecule has 21 aromatic carbocycles. The molecule has 0 bridgehead atoms. The van der Waals surface area contributed by atoms with E-state index in [0.717, 1.165) is 113 Å². The van der Waals surface area contributed by atoms with Crippen molar-refractivity contribution in [3.05, 3.63) is 473 Å². The first-order chi connectivity index (χ1) is 62.6. The lowest BCUT2D eigenvalue weighted by atomic mass is 9.30. The van der Waals surface area contributed by atoms with Crippen molar-refractivity contribution in [2.75, 3.05) is 29.4 Å². The summed E-state index contributed by atoms with van der Waals surface area (Å²) >= 11 is 0. The first-order valence-electron chi connectivity index (χ1n) is 43.6. The Balaban J connectivity index is 0.797. The minimum Gasteiger partial charge on any atom is -0.311 e. The highest BCUT2D eigenvalue weighted by atomic mass is 15.2. The summed E-state index contributed by atoms with van der Waals surface area (Å²) in [5, 5.41) is 9.70. The van der Waals surface area contributed by atoms with Crippen LogP contribution in [0.5, 0.6) is 0 Å². The quantitative estimate of drug-likeness (QED) is 0.0793. The smallest absolute Gasteiger partial charge is 0.252 e. The molecule has 0 atom stereocenters. The molecule has 0 N–H and O–H groups in total. The van der Waals surface area contributed by atoms with Crippen LogP contribution < -0.4 is 62.2 Å². The highest BCUT2D eigenvalue weighted by Crippen LogP contribution is 2.55. The molecule has 0 aromatic heterocycles. The van der Waals surface area contributed by atoms with Crippen molar-refractivity contribution >= 4 is 192 Å². The number of benzene rings is 21. The number of hydrogen-bond donors (Lipinski definition) is 0. The normalized spacial score (nSPS) is 12.7. The van der Waals surface area contributed by atoms with Crippen molar-refractivity contribution in [2.24, 2.45) is 0 Å². The van der Waals surface area contributed by atoms with Crippen LogP contribution >= 0.6 is 0 Å². The number of nitrogens with zero attached hydrogens (tertiary/aromatic N) is 6. The topological polar surface area (TPSA) is 19.4 Å². The van der Waals surface area contributed by atoms with E-state index < -0.39 is 0 Å². The molecule has 0 saturated heterocycles. The van der Waals surface area contributed by atoms with E-state index in [9.17, 15) is 0 Å². The van der Waals surface area contributed by atoms with Gasteiger partial charge in [0.25, 0.3) is 13.4 Å². The molecular formula is C118H78B2N6. The highest BCUT2D eigenvalue weighted by molar-refractivity contribution is 7.03. The maximum Gasteiger partial charge on any atom is 0.252 e. The fourth-order valence-corrected chi connectivity index (χ4v) is 21.3. The zero-order chi connectivity index (χ0) is 82.9. The van der Waals surface area contributed by atoms with Crippen molar-refractivity contribution in [2.45, 2.75) is 0 Å². The maximum absolute atomic E-state index is 2.67. The Morgan fingerprint density at radius 3 is 0.659 bits per heavy atom. The molecular weight excluding hydrogens is 1520 g/mol. The first-order valence-corrected chi connectivity index (χ1v) is 43.6. The molecule has 25 rings (SSSR count). The van der Waals surface area contributed by atoms with E-state index in [1.54, 1.807) is 0 Å². The van der Waals surface area contributed by atoms with E-state index in [0.29, 0.717) is 0 Å². The van der Waals surface area contributed by atoms with Gasteiger partial charge < -0.3 is 29.4 Å². The lowest BCUT2D eigenvalue weighted by Gasteiger charge is -2.48. The summed E-state index contributed by atoms with van der Waals surface area (Å²) in [6.45, 7) is -0.532. The van der Waals surface area contributed by atoms with Crippen LogP contribution in [0.2, 0.25) is 0 Å². The maximum atomic E-state index is 2.67. The molecule has 8 heteroatoms. The van der Waals surface area contributed by atoms with E-state index >= 15 is 0 Å². The molecule has 0 radical (unpaired) electrons. The fourth-order valence-electron chi connectivity index (χ4n) is 21.3. The van der Waals surface area contributed by atoms with Crippen LogP contribution in [0.4, 0.5) is 102 Å². The minimum absolute atomic E-state index is 0.266. The number of anilines is 18. The van der Waals surface area contributed by atoms with Crippen LogP contribution in [-0.4, -0.2) is 13.4 Å². The molecule has 21 aromatic rings. The lowest BCUT2D eigenvalue weighted by molar-refractivity contribution is 1.21. The molecule has 4 heterocycles. The molecule has 126 heavy (non-hydrogen) atoms. The summed E-state index contributed by atoms with van der Waals surface area (Å²) in [7, 11) is 0. The Morgan fingerprint density at radius 2 is 0.373 bits per heavy atom. The largest absolute Gasteiger partial charge is 0.311 e. The second kappa shape index (κ2) is 29.7. The minimum atomic E-state index is -0.266. The van der Waals surface area contributed by atoms with Gasteiger partial charge in [-0.1, -0.05) is 334 Å². The van der Waals surface area contributed by atoms with Crippen molar-refractivity contribution < 1.29 is 0 Å². The summed E-state index contributed by atoms with van der Waals surface area (Å²) in [5.74, 6) is 0. The lowest BCUT2D eigenvalue weighted by Crippen LogP contribution is -2.65. The molecule has 0 amide bonds. The van der Waals surface area contributed by atoms with Gasteiger partial charge in [0, 0.05) is 91.0 Å². The summed E-state index contributed by atoms with van der Waals surface area (Å²) in [6, 6.07) is 177. The van der Waals surface area contributed by atoms with Crippen LogP contribution in [0.25, 0.3) is 87.6 Å².